The van der Waals surface area contributed by atoms with E-state index in [1.165, 1.54) is 18.1 Å². The molecule has 0 spiro atoms. The Morgan fingerprint density at radius 2 is 2.25 bits per heavy atom. The number of ether oxygens (including phenoxy) is 1. The lowest BCUT2D eigenvalue weighted by Crippen LogP contribution is -2.26. The van der Waals surface area contributed by atoms with Gasteiger partial charge in [-0.25, -0.2) is 0 Å². The Balaban J connectivity index is 2.24. The number of methoxy groups -OCH3 is 1. The number of rotatable bonds is 3. The molecule has 1 aromatic rings. The first kappa shape index (κ1) is 13.9. The molecule has 0 saturated carbocycles. The van der Waals surface area contributed by atoms with Crippen molar-refractivity contribution >= 4 is 23.3 Å². The van der Waals surface area contributed by atoms with Gasteiger partial charge in [0.1, 0.15) is 0 Å². The smallest absolute Gasteiger partial charge is 0.311 e. The zero-order valence-corrected chi connectivity index (χ0v) is 10.5. The molecule has 106 valence electrons. The van der Waals surface area contributed by atoms with Gasteiger partial charge in [0.2, 0.25) is 11.7 Å². The molecule has 0 radical (unpaired) electrons. The van der Waals surface area contributed by atoms with Crippen LogP contribution in [0, 0.1) is 21.8 Å². The van der Waals surface area contributed by atoms with Crippen LogP contribution in [0.3, 0.4) is 0 Å². The van der Waals surface area contributed by atoms with Gasteiger partial charge >= 0.3 is 11.7 Å². The molecule has 1 aliphatic heterocycles. The van der Waals surface area contributed by atoms with Crippen LogP contribution in [-0.4, -0.2) is 30.5 Å². The molecule has 2 rings (SSSR count). The summed E-state index contributed by atoms with van der Waals surface area (Å²) >= 11 is 0. The zero-order chi connectivity index (χ0) is 14.9. The van der Waals surface area contributed by atoms with Gasteiger partial charge in [-0.1, -0.05) is 0 Å². The highest BCUT2D eigenvalue weighted by atomic mass is 19.1. The van der Waals surface area contributed by atoms with Crippen LogP contribution in [0.5, 0.6) is 0 Å². The molecule has 1 fully saturated rings. The summed E-state index contributed by atoms with van der Waals surface area (Å²) in [4.78, 5) is 34.1. The van der Waals surface area contributed by atoms with Crippen LogP contribution in [0.4, 0.5) is 15.8 Å². The van der Waals surface area contributed by atoms with Gasteiger partial charge in [0, 0.05) is 30.8 Å². The number of nitro groups is 1. The summed E-state index contributed by atoms with van der Waals surface area (Å²) in [5, 5.41) is 10.5. The van der Waals surface area contributed by atoms with E-state index in [-0.39, 0.29) is 24.6 Å². The van der Waals surface area contributed by atoms with Gasteiger partial charge in [0.15, 0.2) is 0 Å². The number of esters is 1. The zero-order valence-electron chi connectivity index (χ0n) is 10.5. The average Bonchev–Trinajstić information content (AvgIpc) is 2.79. The molecule has 1 aromatic carbocycles. The molecule has 1 heterocycles. The number of hydrogen-bond donors (Lipinski definition) is 0. The van der Waals surface area contributed by atoms with Gasteiger partial charge in [0.05, 0.1) is 18.0 Å². The van der Waals surface area contributed by atoms with Crippen molar-refractivity contribution in [1.82, 2.24) is 0 Å². The van der Waals surface area contributed by atoms with Crippen LogP contribution in [0.1, 0.15) is 6.42 Å². The molecular formula is C12H11FN2O5. The molecule has 8 heteroatoms. The van der Waals surface area contributed by atoms with Gasteiger partial charge in [-0.05, 0) is 6.07 Å². The van der Waals surface area contributed by atoms with Crippen molar-refractivity contribution in [1.29, 1.82) is 0 Å². The van der Waals surface area contributed by atoms with Gasteiger partial charge in [-0.15, -0.1) is 0 Å². The van der Waals surface area contributed by atoms with E-state index in [0.29, 0.717) is 0 Å². The molecule has 1 unspecified atom stereocenters. The highest BCUT2D eigenvalue weighted by molar-refractivity contribution is 5.99. The van der Waals surface area contributed by atoms with Crippen LogP contribution in [0.2, 0.25) is 0 Å². The van der Waals surface area contributed by atoms with E-state index < -0.39 is 28.3 Å². The van der Waals surface area contributed by atoms with E-state index >= 15 is 0 Å². The Hall–Kier alpha value is -2.51. The lowest BCUT2D eigenvalue weighted by Gasteiger charge is -2.16. The molecule has 1 atom stereocenters. The highest BCUT2D eigenvalue weighted by Crippen LogP contribution is 2.29. The maximum absolute atomic E-state index is 13.5. The molecule has 0 N–H and O–H groups in total. The number of hydrogen-bond acceptors (Lipinski definition) is 5. The van der Waals surface area contributed by atoms with Crippen molar-refractivity contribution in [2.45, 2.75) is 6.42 Å². The van der Waals surface area contributed by atoms with E-state index in [1.54, 1.807) is 0 Å². The van der Waals surface area contributed by atoms with Crippen molar-refractivity contribution in [2.24, 2.45) is 5.92 Å². The molecule has 0 aliphatic carbocycles. The number of nitro benzene ring substituents is 1. The first-order chi connectivity index (χ1) is 9.43. The summed E-state index contributed by atoms with van der Waals surface area (Å²) in [6.45, 7) is 0.0722. The number of carbonyl (C=O) groups is 2. The predicted octanol–water partition coefficient (Wildman–Crippen LogP) is 1.26. The van der Waals surface area contributed by atoms with Crippen LogP contribution >= 0.6 is 0 Å². The third-order valence-corrected chi connectivity index (χ3v) is 3.10. The van der Waals surface area contributed by atoms with Crippen LogP contribution in [-0.2, 0) is 14.3 Å². The average molecular weight is 282 g/mol. The Morgan fingerprint density at radius 1 is 1.55 bits per heavy atom. The van der Waals surface area contributed by atoms with E-state index in [2.05, 4.69) is 4.74 Å². The molecule has 20 heavy (non-hydrogen) atoms. The fraction of sp³-hybridized carbons (Fsp3) is 0.333. The second-order valence-electron chi connectivity index (χ2n) is 4.32. The van der Waals surface area contributed by atoms with Crippen molar-refractivity contribution in [3.63, 3.8) is 0 Å². The van der Waals surface area contributed by atoms with Crippen molar-refractivity contribution in [2.75, 3.05) is 18.6 Å². The third kappa shape index (κ3) is 2.44. The molecule has 0 aromatic heterocycles. The van der Waals surface area contributed by atoms with Crippen LogP contribution in [0.15, 0.2) is 18.2 Å². The quantitative estimate of drug-likeness (QED) is 0.473. The van der Waals surface area contributed by atoms with Gasteiger partial charge in [-0.2, -0.15) is 4.39 Å². The minimum absolute atomic E-state index is 0.0225. The normalized spacial score (nSPS) is 18.2. The van der Waals surface area contributed by atoms with E-state index in [1.807, 2.05) is 0 Å². The fourth-order valence-electron chi connectivity index (χ4n) is 2.09. The number of halogens is 1. The minimum Gasteiger partial charge on any atom is -0.469 e. The molecular weight excluding hydrogens is 271 g/mol. The van der Waals surface area contributed by atoms with E-state index in [4.69, 9.17) is 0 Å². The van der Waals surface area contributed by atoms with Gasteiger partial charge in [-0.3, -0.25) is 19.7 Å². The van der Waals surface area contributed by atoms with Crippen molar-refractivity contribution < 1.29 is 23.6 Å². The number of nitrogens with zero attached hydrogens (tertiary/aromatic N) is 2. The number of amides is 1. The predicted molar refractivity (Wildman–Crippen MR) is 65.5 cm³/mol. The van der Waals surface area contributed by atoms with Crippen molar-refractivity contribution in [3.8, 4) is 0 Å². The standard InChI is InChI=1S/C12H11FN2O5/c1-20-12(17)7-4-11(16)14(6-7)8-2-3-10(15(18)19)9(13)5-8/h2-3,5,7H,4,6H2,1H3. The Morgan fingerprint density at radius 3 is 2.80 bits per heavy atom. The fourth-order valence-corrected chi connectivity index (χ4v) is 2.09. The van der Waals surface area contributed by atoms with Crippen molar-refractivity contribution in [3.05, 3.63) is 34.1 Å². The summed E-state index contributed by atoms with van der Waals surface area (Å²) in [5.74, 6) is -2.50. The van der Waals surface area contributed by atoms with E-state index in [0.717, 1.165) is 12.1 Å². The topological polar surface area (TPSA) is 89.8 Å². The monoisotopic (exact) mass is 282 g/mol. The molecule has 1 aliphatic rings. The lowest BCUT2D eigenvalue weighted by molar-refractivity contribution is -0.387. The maximum atomic E-state index is 13.5. The largest absolute Gasteiger partial charge is 0.469 e. The second kappa shape index (κ2) is 5.24. The van der Waals surface area contributed by atoms with Gasteiger partial charge in [0.25, 0.3) is 0 Å². The molecule has 0 bridgehead atoms. The number of anilines is 1. The number of benzene rings is 1. The summed E-state index contributed by atoms with van der Waals surface area (Å²) in [6.07, 6.45) is -0.0225. The van der Waals surface area contributed by atoms with Gasteiger partial charge < -0.3 is 9.64 Å². The molecule has 7 nitrogen and oxygen atoms in total. The first-order valence-electron chi connectivity index (χ1n) is 5.76. The van der Waals surface area contributed by atoms with Crippen LogP contribution < -0.4 is 4.90 Å². The second-order valence-corrected chi connectivity index (χ2v) is 4.32. The maximum Gasteiger partial charge on any atom is 0.311 e. The summed E-state index contributed by atoms with van der Waals surface area (Å²) in [5.41, 5.74) is -0.477. The summed E-state index contributed by atoms with van der Waals surface area (Å²) in [6, 6.07) is 3.18. The third-order valence-electron chi connectivity index (χ3n) is 3.10. The highest BCUT2D eigenvalue weighted by Gasteiger charge is 2.36. The molecule has 1 saturated heterocycles. The summed E-state index contributed by atoms with van der Waals surface area (Å²) < 4.78 is 18.1. The van der Waals surface area contributed by atoms with E-state index in [9.17, 15) is 24.1 Å². The minimum atomic E-state index is -1.03. The van der Waals surface area contributed by atoms with Crippen LogP contribution in [0.25, 0.3) is 0 Å². The number of carbonyl (C=O) groups excluding carboxylic acids is 2. The Labute approximate surface area is 113 Å². The Kier molecular flexibility index (Phi) is 3.64. The lowest BCUT2D eigenvalue weighted by atomic mass is 10.1. The molecule has 1 amide bonds. The Bertz CT molecular complexity index is 589. The SMILES string of the molecule is COC(=O)C1CC(=O)N(c2ccc([N+](=O)[O-])c(F)c2)C1. The summed E-state index contributed by atoms with van der Waals surface area (Å²) in [7, 11) is 1.22. The first-order valence-corrected chi connectivity index (χ1v) is 5.76.